The maximum atomic E-state index is 4.94. The predicted octanol–water partition coefficient (Wildman–Crippen LogP) is 3.33. The number of rotatable bonds is 4. The third kappa shape index (κ3) is 3.20. The van der Waals surface area contributed by atoms with Gasteiger partial charge >= 0.3 is 0 Å². The molecule has 0 saturated carbocycles. The molecule has 4 heteroatoms. The topological polar surface area (TPSA) is 42.7 Å². The zero-order valence-electron chi connectivity index (χ0n) is 14.2. The number of piperidine rings is 1. The Bertz CT molecular complexity index is 831. The van der Waals surface area contributed by atoms with Crippen LogP contribution in [-0.2, 0) is 13.0 Å². The van der Waals surface area contributed by atoms with Gasteiger partial charge in [-0.25, -0.2) is 4.98 Å². The van der Waals surface area contributed by atoms with Crippen molar-refractivity contribution in [2.45, 2.75) is 32.7 Å². The lowest BCUT2D eigenvalue weighted by molar-refractivity contribution is 0.364. The van der Waals surface area contributed by atoms with E-state index in [0.717, 1.165) is 48.9 Å². The highest BCUT2D eigenvalue weighted by Crippen LogP contribution is 2.23. The Morgan fingerprint density at radius 1 is 1.04 bits per heavy atom. The van der Waals surface area contributed by atoms with Crippen molar-refractivity contribution in [2.75, 3.05) is 13.1 Å². The molecule has 3 aromatic rings. The van der Waals surface area contributed by atoms with Crippen molar-refractivity contribution in [1.82, 2.24) is 19.9 Å². The molecule has 0 unspecified atom stereocenters. The van der Waals surface area contributed by atoms with Crippen LogP contribution in [0.5, 0.6) is 0 Å². The molecule has 1 fully saturated rings. The number of hydrogen-bond donors (Lipinski definition) is 1. The van der Waals surface area contributed by atoms with Crippen LogP contribution in [0.2, 0.25) is 0 Å². The van der Waals surface area contributed by atoms with Gasteiger partial charge in [0.05, 0.1) is 23.3 Å². The van der Waals surface area contributed by atoms with E-state index in [9.17, 15) is 0 Å². The summed E-state index contributed by atoms with van der Waals surface area (Å²) in [5, 5.41) is 3.45. The van der Waals surface area contributed by atoms with Crippen LogP contribution in [-0.4, -0.2) is 27.6 Å². The van der Waals surface area contributed by atoms with Gasteiger partial charge < -0.3 is 9.88 Å². The van der Waals surface area contributed by atoms with Gasteiger partial charge in [-0.1, -0.05) is 18.2 Å². The average molecular weight is 320 g/mol. The van der Waals surface area contributed by atoms with Crippen molar-refractivity contribution in [2.24, 2.45) is 5.92 Å². The number of imidazole rings is 1. The molecule has 1 N–H and O–H groups in total. The van der Waals surface area contributed by atoms with Gasteiger partial charge in [0.25, 0.3) is 0 Å². The molecule has 0 amide bonds. The van der Waals surface area contributed by atoms with Crippen LogP contribution in [0.1, 0.15) is 30.1 Å². The summed E-state index contributed by atoms with van der Waals surface area (Å²) < 4.78 is 2.36. The van der Waals surface area contributed by atoms with Gasteiger partial charge in [-0.05, 0) is 63.0 Å². The summed E-state index contributed by atoms with van der Waals surface area (Å²) in [6, 6.07) is 14.7. The Morgan fingerprint density at radius 3 is 2.71 bits per heavy atom. The Labute approximate surface area is 142 Å². The predicted molar refractivity (Wildman–Crippen MR) is 97.1 cm³/mol. The van der Waals surface area contributed by atoms with E-state index in [1.807, 2.05) is 13.0 Å². The van der Waals surface area contributed by atoms with Crippen molar-refractivity contribution in [3.63, 3.8) is 0 Å². The summed E-state index contributed by atoms with van der Waals surface area (Å²) in [5.74, 6) is 1.93. The molecule has 4 rings (SSSR count). The molecular weight excluding hydrogens is 296 g/mol. The summed E-state index contributed by atoms with van der Waals surface area (Å²) >= 11 is 0. The molecule has 2 aromatic heterocycles. The number of nitrogens with one attached hydrogen (secondary N) is 1. The highest BCUT2D eigenvalue weighted by Gasteiger charge is 2.18. The number of para-hydroxylation sites is 2. The number of pyridine rings is 1. The van der Waals surface area contributed by atoms with Crippen LogP contribution >= 0.6 is 0 Å². The first kappa shape index (κ1) is 15.3. The second-order valence-corrected chi connectivity index (χ2v) is 6.77. The van der Waals surface area contributed by atoms with E-state index in [1.54, 1.807) is 0 Å². The first-order chi connectivity index (χ1) is 11.8. The molecule has 124 valence electrons. The van der Waals surface area contributed by atoms with E-state index >= 15 is 0 Å². The van der Waals surface area contributed by atoms with Gasteiger partial charge in [0.15, 0.2) is 0 Å². The SMILES string of the molecule is Cc1cccc(Cn2c(CC3CCNCC3)nc3ccccc32)n1. The molecule has 0 radical (unpaired) electrons. The fraction of sp³-hybridized carbons (Fsp3) is 0.400. The van der Waals surface area contributed by atoms with Crippen molar-refractivity contribution in [3.05, 3.63) is 59.7 Å². The van der Waals surface area contributed by atoms with E-state index < -0.39 is 0 Å². The first-order valence-corrected chi connectivity index (χ1v) is 8.87. The van der Waals surface area contributed by atoms with Gasteiger partial charge in [-0.15, -0.1) is 0 Å². The van der Waals surface area contributed by atoms with Gasteiger partial charge in [0.1, 0.15) is 5.82 Å². The normalized spacial score (nSPS) is 15.9. The van der Waals surface area contributed by atoms with Crippen molar-refractivity contribution >= 4 is 11.0 Å². The maximum Gasteiger partial charge on any atom is 0.110 e. The van der Waals surface area contributed by atoms with Crippen molar-refractivity contribution < 1.29 is 0 Å². The molecule has 0 atom stereocenters. The fourth-order valence-corrected chi connectivity index (χ4v) is 3.65. The minimum Gasteiger partial charge on any atom is -0.322 e. The zero-order chi connectivity index (χ0) is 16.4. The molecule has 0 spiro atoms. The fourth-order valence-electron chi connectivity index (χ4n) is 3.65. The third-order valence-corrected chi connectivity index (χ3v) is 4.93. The van der Waals surface area contributed by atoms with Gasteiger partial charge in [-0.3, -0.25) is 4.98 Å². The van der Waals surface area contributed by atoms with Gasteiger partial charge in [0.2, 0.25) is 0 Å². The van der Waals surface area contributed by atoms with Crippen LogP contribution in [0.15, 0.2) is 42.5 Å². The number of aryl methyl sites for hydroxylation is 1. The molecule has 3 heterocycles. The first-order valence-electron chi connectivity index (χ1n) is 8.87. The molecule has 1 aliphatic rings. The monoisotopic (exact) mass is 320 g/mol. The number of fused-ring (bicyclic) bond motifs is 1. The molecule has 1 saturated heterocycles. The van der Waals surface area contributed by atoms with Crippen LogP contribution in [0.25, 0.3) is 11.0 Å². The van der Waals surface area contributed by atoms with Crippen LogP contribution in [0.4, 0.5) is 0 Å². The summed E-state index contributed by atoms with van der Waals surface area (Å²) in [6.07, 6.45) is 3.54. The average Bonchev–Trinajstić information content (AvgIpc) is 2.93. The minimum atomic E-state index is 0.729. The zero-order valence-corrected chi connectivity index (χ0v) is 14.2. The second kappa shape index (κ2) is 6.73. The summed E-state index contributed by atoms with van der Waals surface area (Å²) in [4.78, 5) is 9.62. The summed E-state index contributed by atoms with van der Waals surface area (Å²) in [5.41, 5.74) is 4.47. The van der Waals surface area contributed by atoms with E-state index in [0.29, 0.717) is 0 Å². The maximum absolute atomic E-state index is 4.94. The Hall–Kier alpha value is -2.20. The van der Waals surface area contributed by atoms with Crippen LogP contribution in [0.3, 0.4) is 0 Å². The third-order valence-electron chi connectivity index (χ3n) is 4.93. The van der Waals surface area contributed by atoms with Gasteiger partial charge in [-0.2, -0.15) is 0 Å². The largest absolute Gasteiger partial charge is 0.322 e. The Kier molecular flexibility index (Phi) is 4.30. The Balaban J connectivity index is 1.69. The second-order valence-electron chi connectivity index (χ2n) is 6.77. The van der Waals surface area contributed by atoms with Gasteiger partial charge in [0, 0.05) is 12.1 Å². The number of hydrogen-bond acceptors (Lipinski definition) is 3. The summed E-state index contributed by atoms with van der Waals surface area (Å²) in [7, 11) is 0. The lowest BCUT2D eigenvalue weighted by Crippen LogP contribution is -2.29. The Morgan fingerprint density at radius 2 is 1.88 bits per heavy atom. The number of benzene rings is 1. The molecule has 1 aromatic carbocycles. The molecule has 1 aliphatic heterocycles. The lowest BCUT2D eigenvalue weighted by Gasteiger charge is -2.22. The van der Waals surface area contributed by atoms with E-state index in [4.69, 9.17) is 4.98 Å². The van der Waals surface area contributed by atoms with E-state index in [-0.39, 0.29) is 0 Å². The number of aromatic nitrogens is 3. The van der Waals surface area contributed by atoms with Crippen molar-refractivity contribution in [1.29, 1.82) is 0 Å². The lowest BCUT2D eigenvalue weighted by atomic mass is 9.94. The smallest absolute Gasteiger partial charge is 0.110 e. The quantitative estimate of drug-likeness (QED) is 0.802. The minimum absolute atomic E-state index is 0.729. The highest BCUT2D eigenvalue weighted by atomic mass is 15.1. The molecule has 4 nitrogen and oxygen atoms in total. The standard InChI is InChI=1S/C20H24N4/c1-15-5-4-6-17(22-15)14-24-19-8-3-2-7-18(19)23-20(24)13-16-9-11-21-12-10-16/h2-8,16,21H,9-14H2,1H3. The molecule has 0 aliphatic carbocycles. The number of nitrogens with zero attached hydrogens (tertiary/aromatic N) is 3. The summed E-state index contributed by atoms with van der Waals surface area (Å²) in [6.45, 7) is 5.10. The van der Waals surface area contributed by atoms with E-state index in [2.05, 4.69) is 51.3 Å². The van der Waals surface area contributed by atoms with E-state index in [1.165, 1.54) is 24.2 Å². The van der Waals surface area contributed by atoms with Crippen molar-refractivity contribution in [3.8, 4) is 0 Å². The highest BCUT2D eigenvalue weighted by molar-refractivity contribution is 5.76. The van der Waals surface area contributed by atoms with Crippen LogP contribution < -0.4 is 5.32 Å². The molecule has 0 bridgehead atoms. The molecular formula is C20H24N4. The van der Waals surface area contributed by atoms with Crippen LogP contribution in [0, 0.1) is 12.8 Å². The molecule has 24 heavy (non-hydrogen) atoms.